The second kappa shape index (κ2) is 6.54. The van der Waals surface area contributed by atoms with E-state index in [2.05, 4.69) is 27.5 Å². The number of hydrogen-bond donors (Lipinski definition) is 2. The molecule has 0 aliphatic carbocycles. The molecular formula is C14H23N5O. The van der Waals surface area contributed by atoms with Crippen LogP contribution in [0.2, 0.25) is 0 Å². The average Bonchev–Trinajstić information content (AvgIpc) is 2.45. The van der Waals surface area contributed by atoms with Gasteiger partial charge in [0.1, 0.15) is 18.0 Å². The second-order valence-electron chi connectivity index (χ2n) is 5.20. The summed E-state index contributed by atoms with van der Waals surface area (Å²) in [5.41, 5.74) is 1.12. The van der Waals surface area contributed by atoms with Gasteiger partial charge in [0.15, 0.2) is 0 Å². The average molecular weight is 277 g/mol. The van der Waals surface area contributed by atoms with Crippen LogP contribution < -0.4 is 10.6 Å². The Kier molecular flexibility index (Phi) is 4.76. The summed E-state index contributed by atoms with van der Waals surface area (Å²) in [5.74, 6) is 1.99. The Labute approximate surface area is 120 Å². The van der Waals surface area contributed by atoms with E-state index in [1.165, 1.54) is 0 Å². The van der Waals surface area contributed by atoms with E-state index in [0.717, 1.165) is 43.0 Å². The highest BCUT2D eigenvalue weighted by atomic mass is 16.2. The number of amides is 1. The molecule has 0 radical (unpaired) electrons. The van der Waals surface area contributed by atoms with Crippen LogP contribution in [0.1, 0.15) is 31.7 Å². The first-order valence-electron chi connectivity index (χ1n) is 7.17. The number of anilines is 2. The zero-order valence-electron chi connectivity index (χ0n) is 12.4. The third-order valence-corrected chi connectivity index (χ3v) is 3.65. The fourth-order valence-corrected chi connectivity index (χ4v) is 2.56. The lowest BCUT2D eigenvalue weighted by molar-refractivity contribution is -0.132. The van der Waals surface area contributed by atoms with Gasteiger partial charge in [0.05, 0.1) is 0 Å². The van der Waals surface area contributed by atoms with Crippen LogP contribution in [-0.2, 0) is 11.2 Å². The SMILES string of the molecule is CCCc1c(NC)ncnc1NC1CCC(=O)N(C)C1. The van der Waals surface area contributed by atoms with Crippen molar-refractivity contribution in [1.82, 2.24) is 14.9 Å². The lowest BCUT2D eigenvalue weighted by atomic mass is 10.0. The van der Waals surface area contributed by atoms with Crippen molar-refractivity contribution in [3.05, 3.63) is 11.9 Å². The fourth-order valence-electron chi connectivity index (χ4n) is 2.56. The van der Waals surface area contributed by atoms with E-state index < -0.39 is 0 Å². The lowest BCUT2D eigenvalue weighted by Crippen LogP contribution is -2.43. The van der Waals surface area contributed by atoms with Gasteiger partial charge in [0, 0.05) is 38.7 Å². The van der Waals surface area contributed by atoms with Gasteiger partial charge in [-0.15, -0.1) is 0 Å². The van der Waals surface area contributed by atoms with Crippen LogP contribution in [0, 0.1) is 0 Å². The van der Waals surface area contributed by atoms with Gasteiger partial charge in [0.25, 0.3) is 0 Å². The van der Waals surface area contributed by atoms with Crippen LogP contribution in [0.25, 0.3) is 0 Å². The minimum atomic E-state index is 0.218. The molecule has 1 amide bonds. The van der Waals surface area contributed by atoms with Crippen molar-refractivity contribution in [2.24, 2.45) is 0 Å². The van der Waals surface area contributed by atoms with Gasteiger partial charge in [-0.2, -0.15) is 0 Å². The maximum Gasteiger partial charge on any atom is 0.222 e. The number of carbonyl (C=O) groups excluding carboxylic acids is 1. The van der Waals surface area contributed by atoms with Crippen molar-refractivity contribution >= 4 is 17.5 Å². The third kappa shape index (κ3) is 3.18. The summed E-state index contributed by atoms with van der Waals surface area (Å²) in [6, 6.07) is 0.257. The number of aromatic nitrogens is 2. The molecular weight excluding hydrogens is 254 g/mol. The molecule has 0 aromatic carbocycles. The number of carbonyl (C=O) groups is 1. The molecule has 1 aromatic heterocycles. The number of likely N-dealkylation sites (N-methyl/N-ethyl adjacent to an activating group) is 1. The molecule has 2 rings (SSSR count). The zero-order valence-corrected chi connectivity index (χ0v) is 12.4. The Bertz CT molecular complexity index is 477. The van der Waals surface area contributed by atoms with Crippen LogP contribution >= 0.6 is 0 Å². The van der Waals surface area contributed by atoms with Crippen molar-refractivity contribution < 1.29 is 4.79 Å². The monoisotopic (exact) mass is 277 g/mol. The quantitative estimate of drug-likeness (QED) is 0.853. The Balaban J connectivity index is 2.14. The molecule has 6 heteroatoms. The molecule has 6 nitrogen and oxygen atoms in total. The summed E-state index contributed by atoms with van der Waals surface area (Å²) in [5, 5.41) is 6.59. The second-order valence-corrected chi connectivity index (χ2v) is 5.20. The Morgan fingerprint density at radius 1 is 1.40 bits per heavy atom. The number of hydrogen-bond acceptors (Lipinski definition) is 5. The topological polar surface area (TPSA) is 70.1 Å². The molecule has 1 aromatic rings. The molecule has 2 heterocycles. The van der Waals surface area contributed by atoms with Gasteiger partial charge in [-0.25, -0.2) is 9.97 Å². The van der Waals surface area contributed by atoms with Crippen LogP contribution in [0.4, 0.5) is 11.6 Å². The van der Waals surface area contributed by atoms with Crippen LogP contribution in [0.3, 0.4) is 0 Å². The Hall–Kier alpha value is -1.85. The molecule has 1 aliphatic heterocycles. The zero-order chi connectivity index (χ0) is 14.5. The largest absolute Gasteiger partial charge is 0.373 e. The summed E-state index contributed by atoms with van der Waals surface area (Å²) >= 11 is 0. The molecule has 0 spiro atoms. The molecule has 20 heavy (non-hydrogen) atoms. The smallest absolute Gasteiger partial charge is 0.222 e. The van der Waals surface area contributed by atoms with Gasteiger partial charge in [-0.05, 0) is 12.8 Å². The van der Waals surface area contributed by atoms with Crippen molar-refractivity contribution in [1.29, 1.82) is 0 Å². The molecule has 2 N–H and O–H groups in total. The summed E-state index contributed by atoms with van der Waals surface area (Å²) in [6.07, 6.45) is 5.00. The predicted molar refractivity (Wildman–Crippen MR) is 79.9 cm³/mol. The molecule has 0 bridgehead atoms. The van der Waals surface area contributed by atoms with E-state index in [1.54, 1.807) is 11.2 Å². The van der Waals surface area contributed by atoms with Crippen molar-refractivity contribution in [2.75, 3.05) is 31.3 Å². The number of piperidine rings is 1. The maximum atomic E-state index is 11.5. The highest BCUT2D eigenvalue weighted by Crippen LogP contribution is 2.23. The predicted octanol–water partition coefficient (Wildman–Crippen LogP) is 1.50. The highest BCUT2D eigenvalue weighted by molar-refractivity contribution is 5.77. The van der Waals surface area contributed by atoms with Crippen LogP contribution in [0.15, 0.2) is 6.33 Å². The van der Waals surface area contributed by atoms with Gasteiger partial charge in [-0.3, -0.25) is 4.79 Å². The fraction of sp³-hybridized carbons (Fsp3) is 0.643. The normalized spacial score (nSPS) is 19.1. The van der Waals surface area contributed by atoms with Crippen molar-refractivity contribution in [2.45, 2.75) is 38.6 Å². The number of nitrogens with one attached hydrogen (secondary N) is 2. The van der Waals surface area contributed by atoms with E-state index in [9.17, 15) is 4.79 Å². The van der Waals surface area contributed by atoms with Crippen LogP contribution in [0.5, 0.6) is 0 Å². The molecule has 1 saturated heterocycles. The number of nitrogens with zero attached hydrogens (tertiary/aromatic N) is 3. The highest BCUT2D eigenvalue weighted by Gasteiger charge is 2.24. The Morgan fingerprint density at radius 2 is 2.15 bits per heavy atom. The van der Waals surface area contributed by atoms with Crippen molar-refractivity contribution in [3.8, 4) is 0 Å². The van der Waals surface area contributed by atoms with Gasteiger partial charge in [-0.1, -0.05) is 13.3 Å². The lowest BCUT2D eigenvalue weighted by Gasteiger charge is -2.31. The molecule has 0 saturated carbocycles. The molecule has 1 aliphatic rings. The van der Waals surface area contributed by atoms with E-state index in [-0.39, 0.29) is 11.9 Å². The number of likely N-dealkylation sites (tertiary alicyclic amines) is 1. The van der Waals surface area contributed by atoms with Gasteiger partial charge < -0.3 is 15.5 Å². The Morgan fingerprint density at radius 3 is 2.80 bits per heavy atom. The summed E-state index contributed by atoms with van der Waals surface area (Å²) in [4.78, 5) is 22.0. The molecule has 1 unspecified atom stereocenters. The molecule has 1 fully saturated rings. The van der Waals surface area contributed by atoms with Crippen LogP contribution in [-0.4, -0.2) is 47.5 Å². The standard InChI is InChI=1S/C14H23N5O/c1-4-5-11-13(15-2)16-9-17-14(11)18-10-6-7-12(20)19(3)8-10/h9-10H,4-8H2,1-3H3,(H2,15,16,17,18). The van der Waals surface area contributed by atoms with E-state index in [4.69, 9.17) is 0 Å². The number of rotatable bonds is 5. The molecule has 110 valence electrons. The van der Waals surface area contributed by atoms with E-state index in [1.807, 2.05) is 14.1 Å². The maximum absolute atomic E-state index is 11.5. The third-order valence-electron chi connectivity index (χ3n) is 3.65. The first kappa shape index (κ1) is 14.6. The van der Waals surface area contributed by atoms with Gasteiger partial charge in [0.2, 0.25) is 5.91 Å². The van der Waals surface area contributed by atoms with Gasteiger partial charge >= 0.3 is 0 Å². The summed E-state index contributed by atoms with van der Waals surface area (Å²) in [7, 11) is 3.72. The summed E-state index contributed by atoms with van der Waals surface area (Å²) in [6.45, 7) is 2.87. The van der Waals surface area contributed by atoms with E-state index in [0.29, 0.717) is 6.42 Å². The molecule has 1 atom stereocenters. The first-order chi connectivity index (χ1) is 9.65. The summed E-state index contributed by atoms with van der Waals surface area (Å²) < 4.78 is 0. The van der Waals surface area contributed by atoms with Crippen molar-refractivity contribution in [3.63, 3.8) is 0 Å². The first-order valence-corrected chi connectivity index (χ1v) is 7.17. The minimum absolute atomic E-state index is 0.218. The van der Waals surface area contributed by atoms with E-state index >= 15 is 0 Å². The minimum Gasteiger partial charge on any atom is -0.373 e.